The predicted octanol–water partition coefficient (Wildman–Crippen LogP) is 4.25. The maximum atomic E-state index is 12.7. The highest BCUT2D eigenvalue weighted by Gasteiger charge is 2.31. The summed E-state index contributed by atoms with van der Waals surface area (Å²) in [7, 11) is 0. The Morgan fingerprint density at radius 2 is 1.76 bits per heavy atom. The first-order valence-corrected chi connectivity index (χ1v) is 7.99. The average molecular weight is 288 g/mol. The number of carbonyl (C=O) groups is 1. The molecule has 114 valence electrons. The third-order valence-electron chi connectivity index (χ3n) is 4.74. The van der Waals surface area contributed by atoms with Gasteiger partial charge in [-0.2, -0.15) is 0 Å². The van der Waals surface area contributed by atoms with Gasteiger partial charge < -0.3 is 9.47 Å². The van der Waals surface area contributed by atoms with Crippen LogP contribution in [0.25, 0.3) is 0 Å². The zero-order valence-corrected chi connectivity index (χ0v) is 13.0. The van der Waals surface area contributed by atoms with Crippen LogP contribution in [0.4, 0.5) is 0 Å². The van der Waals surface area contributed by atoms with Crippen molar-refractivity contribution >= 4 is 5.78 Å². The molecule has 0 spiro atoms. The number of ether oxygens (including phenoxy) is 2. The molecule has 1 aromatic rings. The molecule has 0 amide bonds. The molecule has 0 bridgehead atoms. The number of rotatable bonds is 2. The van der Waals surface area contributed by atoms with Crippen molar-refractivity contribution in [1.82, 2.24) is 0 Å². The van der Waals surface area contributed by atoms with Gasteiger partial charge in [0.15, 0.2) is 17.3 Å². The Kier molecular flexibility index (Phi) is 3.92. The monoisotopic (exact) mass is 288 g/mol. The molecule has 0 radical (unpaired) electrons. The summed E-state index contributed by atoms with van der Waals surface area (Å²) in [5.41, 5.74) is 1.16. The summed E-state index contributed by atoms with van der Waals surface area (Å²) in [4.78, 5) is 12.7. The van der Waals surface area contributed by atoms with Gasteiger partial charge in [0, 0.05) is 17.9 Å². The van der Waals surface area contributed by atoms with Gasteiger partial charge >= 0.3 is 0 Å². The normalized spacial score (nSPS) is 21.6. The van der Waals surface area contributed by atoms with E-state index in [0.717, 1.165) is 49.2 Å². The number of fused-ring (bicyclic) bond motifs is 1. The van der Waals surface area contributed by atoms with E-state index in [1.54, 1.807) is 0 Å². The van der Waals surface area contributed by atoms with Gasteiger partial charge in [0.1, 0.15) is 0 Å². The molecule has 3 nitrogen and oxygen atoms in total. The molecule has 3 heteroatoms. The Morgan fingerprint density at radius 3 is 2.48 bits per heavy atom. The predicted molar refractivity (Wildman–Crippen MR) is 82.1 cm³/mol. The molecular formula is C18H24O3. The molecule has 1 fully saturated rings. The Hall–Kier alpha value is -1.51. The molecule has 1 aliphatic heterocycles. The fourth-order valence-corrected chi connectivity index (χ4v) is 3.21. The van der Waals surface area contributed by atoms with Gasteiger partial charge in [0.2, 0.25) is 0 Å². The van der Waals surface area contributed by atoms with Crippen molar-refractivity contribution in [2.24, 2.45) is 11.3 Å². The van der Waals surface area contributed by atoms with Crippen molar-refractivity contribution in [1.29, 1.82) is 0 Å². The third-order valence-corrected chi connectivity index (χ3v) is 4.74. The van der Waals surface area contributed by atoms with Gasteiger partial charge in [0.25, 0.3) is 0 Å². The smallest absolute Gasteiger partial charge is 0.166 e. The highest BCUT2D eigenvalue weighted by atomic mass is 16.5. The zero-order valence-electron chi connectivity index (χ0n) is 13.0. The van der Waals surface area contributed by atoms with E-state index in [4.69, 9.17) is 9.47 Å². The van der Waals surface area contributed by atoms with E-state index < -0.39 is 0 Å². The molecule has 0 saturated heterocycles. The number of Topliss-reactive ketones (excluding diaryl/α,β-unsaturated/α-hetero) is 1. The van der Waals surface area contributed by atoms with Crippen LogP contribution in [0.3, 0.4) is 0 Å². The van der Waals surface area contributed by atoms with E-state index in [1.165, 1.54) is 0 Å². The molecule has 1 heterocycles. The van der Waals surface area contributed by atoms with Crippen LogP contribution in [0, 0.1) is 11.3 Å². The van der Waals surface area contributed by atoms with Gasteiger partial charge in [-0.15, -0.1) is 0 Å². The SMILES string of the molecule is CC1(C)CCC(C(=O)c2ccc3c(c2)OCCCO3)CC1. The van der Waals surface area contributed by atoms with Crippen LogP contribution in [0.2, 0.25) is 0 Å². The minimum Gasteiger partial charge on any atom is -0.490 e. The molecule has 1 aromatic carbocycles. The summed E-state index contributed by atoms with van der Waals surface area (Å²) < 4.78 is 11.3. The second kappa shape index (κ2) is 5.70. The fourth-order valence-electron chi connectivity index (χ4n) is 3.21. The summed E-state index contributed by atoms with van der Waals surface area (Å²) in [6.07, 6.45) is 5.15. The first-order valence-electron chi connectivity index (χ1n) is 7.99. The summed E-state index contributed by atoms with van der Waals surface area (Å²) in [5, 5.41) is 0. The van der Waals surface area contributed by atoms with Crippen molar-refractivity contribution < 1.29 is 14.3 Å². The number of carbonyl (C=O) groups excluding carboxylic acids is 1. The standard InChI is InChI=1S/C18H24O3/c1-18(2)8-6-13(7-9-18)17(19)14-4-5-15-16(12-14)21-11-3-10-20-15/h4-5,12-13H,3,6-11H2,1-2H3. The van der Waals surface area contributed by atoms with E-state index in [9.17, 15) is 4.79 Å². The van der Waals surface area contributed by atoms with Gasteiger partial charge in [-0.1, -0.05) is 13.8 Å². The van der Waals surface area contributed by atoms with Crippen LogP contribution in [0.1, 0.15) is 56.3 Å². The highest BCUT2D eigenvalue weighted by molar-refractivity contribution is 5.98. The third kappa shape index (κ3) is 3.22. The molecule has 0 N–H and O–H groups in total. The average Bonchev–Trinajstić information content (AvgIpc) is 2.71. The van der Waals surface area contributed by atoms with E-state index in [1.807, 2.05) is 18.2 Å². The maximum Gasteiger partial charge on any atom is 0.166 e. The minimum atomic E-state index is 0.169. The molecule has 1 saturated carbocycles. The van der Waals surface area contributed by atoms with Crippen molar-refractivity contribution in [2.45, 2.75) is 46.0 Å². The molecule has 21 heavy (non-hydrogen) atoms. The maximum absolute atomic E-state index is 12.7. The molecule has 0 unspecified atom stereocenters. The number of hydrogen-bond acceptors (Lipinski definition) is 3. The number of hydrogen-bond donors (Lipinski definition) is 0. The van der Waals surface area contributed by atoms with Crippen LogP contribution in [-0.2, 0) is 0 Å². The summed E-state index contributed by atoms with van der Waals surface area (Å²) in [6, 6.07) is 5.62. The molecule has 1 aliphatic carbocycles. The summed E-state index contributed by atoms with van der Waals surface area (Å²) in [6.45, 7) is 5.92. The van der Waals surface area contributed by atoms with Gasteiger partial charge in [0.05, 0.1) is 13.2 Å². The van der Waals surface area contributed by atoms with E-state index >= 15 is 0 Å². The molecular weight excluding hydrogens is 264 g/mol. The lowest BCUT2D eigenvalue weighted by Crippen LogP contribution is -2.26. The quantitative estimate of drug-likeness (QED) is 0.763. The van der Waals surface area contributed by atoms with Crippen molar-refractivity contribution in [3.8, 4) is 11.5 Å². The van der Waals surface area contributed by atoms with Gasteiger partial charge in [-0.05, 0) is 49.3 Å². The lowest BCUT2D eigenvalue weighted by molar-refractivity contribution is 0.0837. The lowest BCUT2D eigenvalue weighted by Gasteiger charge is -2.33. The molecule has 0 aromatic heterocycles. The second-order valence-electron chi connectivity index (χ2n) is 7.01. The minimum absolute atomic E-state index is 0.169. The second-order valence-corrected chi connectivity index (χ2v) is 7.01. The number of ketones is 1. The Morgan fingerprint density at radius 1 is 1.10 bits per heavy atom. The number of benzene rings is 1. The van der Waals surface area contributed by atoms with Crippen LogP contribution in [0.5, 0.6) is 11.5 Å². The van der Waals surface area contributed by atoms with E-state index in [2.05, 4.69) is 13.8 Å². The van der Waals surface area contributed by atoms with Crippen molar-refractivity contribution in [2.75, 3.05) is 13.2 Å². The largest absolute Gasteiger partial charge is 0.490 e. The highest BCUT2D eigenvalue weighted by Crippen LogP contribution is 2.40. The van der Waals surface area contributed by atoms with E-state index in [0.29, 0.717) is 18.6 Å². The Bertz CT molecular complexity index is 523. The van der Waals surface area contributed by atoms with Crippen LogP contribution >= 0.6 is 0 Å². The summed E-state index contributed by atoms with van der Waals surface area (Å²) in [5.74, 6) is 1.91. The van der Waals surface area contributed by atoms with Crippen LogP contribution in [-0.4, -0.2) is 19.0 Å². The first-order chi connectivity index (χ1) is 10.1. The van der Waals surface area contributed by atoms with Gasteiger partial charge in [-0.3, -0.25) is 4.79 Å². The van der Waals surface area contributed by atoms with Crippen LogP contribution < -0.4 is 9.47 Å². The van der Waals surface area contributed by atoms with E-state index in [-0.39, 0.29) is 11.7 Å². The molecule has 3 rings (SSSR count). The Balaban J connectivity index is 1.75. The Labute approximate surface area is 126 Å². The van der Waals surface area contributed by atoms with Crippen molar-refractivity contribution in [3.63, 3.8) is 0 Å². The molecule has 0 atom stereocenters. The summed E-state index contributed by atoms with van der Waals surface area (Å²) >= 11 is 0. The van der Waals surface area contributed by atoms with Gasteiger partial charge in [-0.25, -0.2) is 0 Å². The fraction of sp³-hybridized carbons (Fsp3) is 0.611. The first kappa shape index (κ1) is 14.4. The van der Waals surface area contributed by atoms with Crippen molar-refractivity contribution in [3.05, 3.63) is 23.8 Å². The zero-order chi connectivity index (χ0) is 14.9. The molecule has 2 aliphatic rings. The van der Waals surface area contributed by atoms with Crippen LogP contribution in [0.15, 0.2) is 18.2 Å². The topological polar surface area (TPSA) is 35.5 Å². The lowest BCUT2D eigenvalue weighted by atomic mass is 9.71.